The van der Waals surface area contributed by atoms with Crippen molar-refractivity contribution in [2.45, 2.75) is 46.0 Å². The molecule has 1 aliphatic carbocycles. The van der Waals surface area contributed by atoms with E-state index in [1.807, 2.05) is 0 Å². The summed E-state index contributed by atoms with van der Waals surface area (Å²) in [5, 5.41) is 2.75. The fourth-order valence-electron chi connectivity index (χ4n) is 3.42. The van der Waals surface area contributed by atoms with Gasteiger partial charge in [-0.2, -0.15) is 29.3 Å². The predicted octanol–water partition coefficient (Wildman–Crippen LogP) is 0.0470. The van der Waals surface area contributed by atoms with Crippen molar-refractivity contribution in [1.82, 2.24) is 0 Å². The van der Waals surface area contributed by atoms with Crippen molar-refractivity contribution in [1.29, 1.82) is 0 Å². The summed E-state index contributed by atoms with van der Waals surface area (Å²) in [6, 6.07) is 19.9. The molecule has 0 aromatic heterocycles. The van der Waals surface area contributed by atoms with E-state index < -0.39 is 0 Å². The van der Waals surface area contributed by atoms with Crippen molar-refractivity contribution < 1.29 is 35.3 Å². The van der Waals surface area contributed by atoms with Crippen LogP contribution in [0.1, 0.15) is 43.4 Å². The van der Waals surface area contributed by atoms with E-state index in [9.17, 15) is 0 Å². The van der Waals surface area contributed by atoms with E-state index in [-0.39, 0.29) is 35.3 Å². The van der Waals surface area contributed by atoms with Crippen LogP contribution in [0.5, 0.6) is 0 Å². The summed E-state index contributed by atoms with van der Waals surface area (Å²) >= 11 is 0. The zero-order valence-electron chi connectivity index (χ0n) is 15.1. The average molecular weight is 507 g/mol. The summed E-state index contributed by atoms with van der Waals surface area (Å²) in [5.74, 6) is 0.747. The molecule has 0 nitrogen and oxygen atoms in total. The van der Waals surface area contributed by atoms with E-state index in [4.69, 9.17) is 0 Å². The minimum absolute atomic E-state index is 0. The Balaban J connectivity index is 0.000000430. The van der Waals surface area contributed by atoms with Crippen LogP contribution in [0.25, 0.3) is 10.8 Å². The van der Waals surface area contributed by atoms with E-state index in [1.54, 1.807) is 11.1 Å². The Labute approximate surface area is 168 Å². The van der Waals surface area contributed by atoms with Gasteiger partial charge in [0.1, 0.15) is 0 Å². The topological polar surface area (TPSA) is 0 Å². The first-order chi connectivity index (χ1) is 10.7. The molecule has 0 atom stereocenters. The summed E-state index contributed by atoms with van der Waals surface area (Å²) in [7, 11) is 0. The summed E-state index contributed by atoms with van der Waals surface area (Å²) in [6.07, 6.45) is 6.63. The molecule has 0 saturated heterocycles. The Morgan fingerprint density at radius 1 is 1.00 bits per heavy atom. The van der Waals surface area contributed by atoms with E-state index in [1.165, 1.54) is 48.4 Å². The van der Waals surface area contributed by atoms with E-state index in [0.29, 0.717) is 0 Å². The third-order valence-corrected chi connectivity index (χ3v) is 4.47. The second-order valence-electron chi connectivity index (χ2n) is 6.87. The van der Waals surface area contributed by atoms with Crippen molar-refractivity contribution in [3.8, 4) is 0 Å². The number of aryl methyl sites for hydroxylation is 2. The van der Waals surface area contributed by atoms with Crippen LogP contribution in [-0.4, -0.2) is 0 Å². The van der Waals surface area contributed by atoms with Crippen LogP contribution in [0, 0.1) is 5.92 Å². The molecule has 1 aliphatic rings. The van der Waals surface area contributed by atoms with Crippen LogP contribution in [-0.2, 0) is 45.1 Å². The molecule has 4 rings (SSSR count). The fourth-order valence-corrected chi connectivity index (χ4v) is 3.42. The van der Waals surface area contributed by atoms with Gasteiger partial charge in [0.05, 0.1) is 0 Å². The minimum atomic E-state index is 0. The second-order valence-corrected chi connectivity index (χ2v) is 6.87. The molecule has 3 heteroatoms. The van der Waals surface area contributed by atoms with Gasteiger partial charge >= 0.3 is 25.8 Å². The molecule has 0 heterocycles. The van der Waals surface area contributed by atoms with Crippen molar-refractivity contribution >= 4 is 10.8 Å². The maximum absolute atomic E-state index is 2.30. The predicted molar refractivity (Wildman–Crippen MR) is 96.8 cm³/mol. The van der Waals surface area contributed by atoms with Gasteiger partial charge in [-0.15, -0.1) is 40.6 Å². The minimum Gasteiger partial charge on any atom is -1.00 e. The standard InChI is InChI=1S/C13H15.C9H11.2FH.Hf/c1-10(2)7-11-8-12-5-3-4-6-13(12)9-11;1-2-5-9-7-3-6-8(9)4-1;;;/h3-6,8-10H,7H2,1-2H3;3,6-7H,1-2,4-5H2;2*1H;/q2*-1;;;+4/p-2. The smallest absolute Gasteiger partial charge is 1.00 e. The molecular weight excluding hydrogens is 481 g/mol. The molecular formula is C22H26F2Hf. The molecule has 0 aliphatic heterocycles. The fraction of sp³-hybridized carbons (Fsp3) is 0.364. The monoisotopic (exact) mass is 508 g/mol. The Bertz CT molecular complexity index is 671. The van der Waals surface area contributed by atoms with E-state index in [0.717, 1.165) is 5.92 Å². The molecule has 0 N–H and O–H groups in total. The SMILES string of the molecule is CC(C)Cc1cc2ccccc2[cH-]1.[F-].[F-].[Hf+4].c1cc2c([cH-]1)CCCC2. The molecule has 0 fully saturated rings. The quantitative estimate of drug-likeness (QED) is 0.340. The Kier molecular flexibility index (Phi) is 11.0. The van der Waals surface area contributed by atoms with Crippen LogP contribution < -0.4 is 9.41 Å². The van der Waals surface area contributed by atoms with E-state index >= 15 is 0 Å². The molecule has 0 spiro atoms. The molecule has 3 aromatic carbocycles. The number of hydrogen-bond acceptors (Lipinski definition) is 0. The number of rotatable bonds is 2. The molecule has 0 bridgehead atoms. The molecule has 0 amide bonds. The van der Waals surface area contributed by atoms with Gasteiger partial charge in [0.25, 0.3) is 0 Å². The first kappa shape index (κ1) is 23.9. The maximum atomic E-state index is 2.30. The van der Waals surface area contributed by atoms with Gasteiger partial charge in [-0.3, -0.25) is 0 Å². The van der Waals surface area contributed by atoms with Crippen molar-refractivity contribution in [2.75, 3.05) is 0 Å². The van der Waals surface area contributed by atoms with Gasteiger partial charge in [-0.05, 0) is 12.3 Å². The Hall–Kier alpha value is -1.09. The number of halogens is 2. The van der Waals surface area contributed by atoms with Crippen molar-refractivity contribution in [3.05, 3.63) is 71.3 Å². The normalized spacial score (nSPS) is 12.1. The molecule has 0 unspecified atom stereocenters. The number of fused-ring (bicyclic) bond motifs is 2. The molecule has 0 radical (unpaired) electrons. The van der Waals surface area contributed by atoms with Crippen LogP contribution >= 0.6 is 0 Å². The third-order valence-electron chi connectivity index (χ3n) is 4.47. The zero-order valence-corrected chi connectivity index (χ0v) is 18.7. The zero-order chi connectivity index (χ0) is 15.4. The van der Waals surface area contributed by atoms with Crippen LogP contribution in [0.3, 0.4) is 0 Å². The van der Waals surface area contributed by atoms with Crippen molar-refractivity contribution in [3.63, 3.8) is 0 Å². The van der Waals surface area contributed by atoms with E-state index in [2.05, 4.69) is 68.4 Å². The van der Waals surface area contributed by atoms with Crippen LogP contribution in [0.15, 0.2) is 54.6 Å². The van der Waals surface area contributed by atoms with Crippen LogP contribution in [0.2, 0.25) is 0 Å². The first-order valence-electron chi connectivity index (χ1n) is 8.60. The van der Waals surface area contributed by atoms with Gasteiger partial charge in [-0.25, -0.2) is 6.07 Å². The molecule has 25 heavy (non-hydrogen) atoms. The number of benzene rings is 1. The summed E-state index contributed by atoms with van der Waals surface area (Å²) < 4.78 is 0. The Morgan fingerprint density at radius 3 is 2.40 bits per heavy atom. The van der Waals surface area contributed by atoms with Gasteiger partial charge in [0.2, 0.25) is 0 Å². The van der Waals surface area contributed by atoms with Crippen molar-refractivity contribution in [2.24, 2.45) is 5.92 Å². The van der Waals surface area contributed by atoms with Gasteiger partial charge < -0.3 is 9.41 Å². The first-order valence-corrected chi connectivity index (χ1v) is 8.60. The molecule has 132 valence electrons. The number of hydrogen-bond donors (Lipinski definition) is 0. The third kappa shape index (κ3) is 6.62. The molecule has 3 aromatic rings. The van der Waals surface area contributed by atoms with Gasteiger partial charge in [0, 0.05) is 0 Å². The average Bonchev–Trinajstić information content (AvgIpc) is 3.12. The largest absolute Gasteiger partial charge is 4.00 e. The van der Waals surface area contributed by atoms with Gasteiger partial charge in [0.15, 0.2) is 0 Å². The van der Waals surface area contributed by atoms with Crippen LogP contribution in [0.4, 0.5) is 0 Å². The summed E-state index contributed by atoms with van der Waals surface area (Å²) in [4.78, 5) is 0. The molecule has 0 saturated carbocycles. The van der Waals surface area contributed by atoms with Gasteiger partial charge in [-0.1, -0.05) is 45.6 Å². The summed E-state index contributed by atoms with van der Waals surface area (Å²) in [6.45, 7) is 4.52. The second kappa shape index (κ2) is 11.5. The Morgan fingerprint density at radius 2 is 1.72 bits per heavy atom. The summed E-state index contributed by atoms with van der Waals surface area (Å²) in [5.41, 5.74) is 4.67. The maximum Gasteiger partial charge on any atom is 4.00 e.